The van der Waals surface area contributed by atoms with Gasteiger partial charge in [-0.2, -0.15) is 0 Å². The highest BCUT2D eigenvalue weighted by Crippen LogP contribution is 2.22. The minimum Gasteiger partial charge on any atom is -0.489 e. The number of amides is 1. The van der Waals surface area contributed by atoms with Crippen molar-refractivity contribution in [2.75, 3.05) is 13.2 Å². The van der Waals surface area contributed by atoms with E-state index in [4.69, 9.17) is 9.84 Å². The Kier molecular flexibility index (Phi) is 8.79. The Labute approximate surface area is 199 Å². The third-order valence-electron chi connectivity index (χ3n) is 5.86. The van der Waals surface area contributed by atoms with Crippen LogP contribution in [0, 0.1) is 5.82 Å². The summed E-state index contributed by atoms with van der Waals surface area (Å²) in [5.41, 5.74) is 2.81. The van der Waals surface area contributed by atoms with Crippen LogP contribution < -0.4 is 4.74 Å². The molecule has 178 valence electrons. The Morgan fingerprint density at radius 3 is 2.68 bits per heavy atom. The monoisotopic (exact) mass is 463 g/mol. The third-order valence-corrected chi connectivity index (χ3v) is 5.86. The molecule has 1 aliphatic rings. The topological polar surface area (TPSA) is 66.8 Å². The van der Waals surface area contributed by atoms with E-state index < -0.39 is 11.8 Å². The van der Waals surface area contributed by atoms with Crippen LogP contribution >= 0.6 is 0 Å². The number of ether oxygens (including phenoxy) is 1. The average Bonchev–Trinajstić information content (AvgIpc) is 2.82. The van der Waals surface area contributed by atoms with Gasteiger partial charge in [0, 0.05) is 24.6 Å². The first-order valence-electron chi connectivity index (χ1n) is 11.4. The largest absolute Gasteiger partial charge is 0.489 e. The first kappa shape index (κ1) is 25.0. The van der Waals surface area contributed by atoms with Crippen molar-refractivity contribution in [1.82, 2.24) is 4.90 Å². The quantitative estimate of drug-likeness (QED) is 0.582. The van der Waals surface area contributed by atoms with Gasteiger partial charge in [-0.25, -0.2) is 4.39 Å². The number of carboxylic acids is 1. The number of nitrogens with zero attached hydrogens (tertiary/aromatic N) is 1. The van der Waals surface area contributed by atoms with Crippen LogP contribution in [0.25, 0.3) is 0 Å². The summed E-state index contributed by atoms with van der Waals surface area (Å²) < 4.78 is 20.3. The predicted octanol–water partition coefficient (Wildman–Crippen LogP) is 5.59. The van der Waals surface area contributed by atoms with Crippen molar-refractivity contribution in [1.29, 1.82) is 0 Å². The van der Waals surface area contributed by atoms with Gasteiger partial charge in [0.25, 0.3) is 5.91 Å². The molecule has 0 radical (unpaired) electrons. The van der Waals surface area contributed by atoms with Gasteiger partial charge in [0.05, 0.1) is 6.04 Å². The van der Waals surface area contributed by atoms with E-state index in [0.717, 1.165) is 24.0 Å². The van der Waals surface area contributed by atoms with Gasteiger partial charge in [-0.3, -0.25) is 9.59 Å². The molecule has 0 spiro atoms. The molecule has 0 saturated carbocycles. The van der Waals surface area contributed by atoms with E-state index >= 15 is 0 Å². The summed E-state index contributed by atoms with van der Waals surface area (Å²) in [6.45, 7) is 6.78. The van der Waals surface area contributed by atoms with Crippen LogP contribution in [-0.4, -0.2) is 41.1 Å². The van der Waals surface area contributed by atoms with E-state index in [1.54, 1.807) is 24.3 Å². The maximum Gasteiger partial charge on any atom is 0.303 e. The highest BCUT2D eigenvalue weighted by atomic mass is 19.1. The SMILES string of the molecule is C=C1/C=C\C=C(\COc2ccc(CCC(=O)O)c(F)c2)C(C)N(C(=O)c2ccccc2)CCC1. The number of aryl methyl sites for hydroxylation is 1. The first-order valence-corrected chi connectivity index (χ1v) is 11.4. The lowest BCUT2D eigenvalue weighted by Gasteiger charge is -2.32. The van der Waals surface area contributed by atoms with Gasteiger partial charge in [-0.05, 0) is 55.5 Å². The molecule has 0 bridgehead atoms. The number of benzene rings is 2. The fraction of sp³-hybridized carbons (Fsp3) is 0.286. The summed E-state index contributed by atoms with van der Waals surface area (Å²) in [4.78, 5) is 25.9. The van der Waals surface area contributed by atoms with Crippen LogP contribution in [-0.2, 0) is 11.2 Å². The number of rotatable bonds is 7. The van der Waals surface area contributed by atoms with Crippen molar-refractivity contribution >= 4 is 11.9 Å². The third kappa shape index (κ3) is 6.91. The second-order valence-corrected chi connectivity index (χ2v) is 8.34. The van der Waals surface area contributed by atoms with Crippen LogP contribution in [0.4, 0.5) is 4.39 Å². The summed E-state index contributed by atoms with van der Waals surface area (Å²) in [7, 11) is 0. The number of halogens is 1. The molecule has 0 saturated heterocycles. The minimum absolute atomic E-state index is 0.0528. The Morgan fingerprint density at radius 1 is 1.21 bits per heavy atom. The summed E-state index contributed by atoms with van der Waals surface area (Å²) in [5, 5.41) is 8.81. The lowest BCUT2D eigenvalue weighted by atomic mass is 10.0. The standard InChI is InChI=1S/C28H30FNO4/c1-20-8-6-12-24(19-34-25-15-13-22(26(29)18-25)14-16-27(31)32)21(2)30(17-7-9-20)28(33)23-10-4-3-5-11-23/h3-6,8,10-13,15,18,21H,1,7,9,14,16-17,19H2,2H3,(H,31,32)/b8-6-,24-12-. The maximum atomic E-state index is 14.4. The Bertz CT molecular complexity index is 1090. The van der Waals surface area contributed by atoms with Crippen LogP contribution in [0.5, 0.6) is 5.75 Å². The predicted molar refractivity (Wildman–Crippen MR) is 130 cm³/mol. The second kappa shape index (κ2) is 12.0. The molecule has 1 aliphatic heterocycles. The molecule has 1 amide bonds. The number of carbonyl (C=O) groups is 2. The zero-order valence-corrected chi connectivity index (χ0v) is 19.4. The molecular formula is C28H30FNO4. The molecule has 34 heavy (non-hydrogen) atoms. The van der Waals surface area contributed by atoms with Crippen molar-refractivity contribution in [2.45, 2.75) is 38.6 Å². The number of carboxylic acid groups (broad SMARTS) is 1. The van der Waals surface area contributed by atoms with Crippen LogP contribution in [0.15, 0.2) is 84.5 Å². The molecule has 1 atom stereocenters. The summed E-state index contributed by atoms with van der Waals surface area (Å²) in [6, 6.07) is 13.4. The summed E-state index contributed by atoms with van der Waals surface area (Å²) in [5.74, 6) is -1.18. The van der Waals surface area contributed by atoms with Gasteiger partial charge in [0.2, 0.25) is 0 Å². The van der Waals surface area contributed by atoms with Crippen LogP contribution in [0.1, 0.15) is 42.1 Å². The molecule has 2 aromatic rings. The van der Waals surface area contributed by atoms with Gasteiger partial charge >= 0.3 is 5.97 Å². The molecular weight excluding hydrogens is 433 g/mol. The lowest BCUT2D eigenvalue weighted by molar-refractivity contribution is -0.136. The first-order chi connectivity index (χ1) is 16.3. The van der Waals surface area contributed by atoms with Gasteiger partial charge in [-0.1, -0.05) is 54.6 Å². The van der Waals surface area contributed by atoms with Gasteiger partial charge in [0.1, 0.15) is 18.2 Å². The smallest absolute Gasteiger partial charge is 0.303 e. The van der Waals surface area contributed by atoms with Crippen molar-refractivity contribution < 1.29 is 23.8 Å². The van der Waals surface area contributed by atoms with E-state index in [-0.39, 0.29) is 31.4 Å². The second-order valence-electron chi connectivity index (χ2n) is 8.34. The molecule has 3 rings (SSSR count). The summed E-state index contributed by atoms with van der Waals surface area (Å²) >= 11 is 0. The molecule has 1 heterocycles. The van der Waals surface area contributed by atoms with Gasteiger partial charge in [0.15, 0.2) is 0 Å². The highest BCUT2D eigenvalue weighted by Gasteiger charge is 2.24. The molecule has 0 aliphatic carbocycles. The average molecular weight is 464 g/mol. The fourth-order valence-electron chi connectivity index (χ4n) is 3.82. The number of carbonyl (C=O) groups excluding carboxylic acids is 1. The van der Waals surface area contributed by atoms with E-state index in [9.17, 15) is 14.0 Å². The Hall–Kier alpha value is -3.67. The van der Waals surface area contributed by atoms with Gasteiger partial charge in [-0.15, -0.1) is 0 Å². The maximum absolute atomic E-state index is 14.4. The Balaban J connectivity index is 1.79. The number of allylic oxidation sites excluding steroid dienone is 4. The molecule has 0 aromatic heterocycles. The van der Waals surface area contributed by atoms with E-state index in [1.807, 2.05) is 48.3 Å². The molecule has 0 fully saturated rings. The minimum atomic E-state index is -0.970. The number of hydrogen-bond acceptors (Lipinski definition) is 3. The van der Waals surface area contributed by atoms with Crippen molar-refractivity contribution in [3.8, 4) is 5.75 Å². The Morgan fingerprint density at radius 2 is 1.97 bits per heavy atom. The van der Waals surface area contributed by atoms with E-state index in [2.05, 4.69) is 6.58 Å². The zero-order chi connectivity index (χ0) is 24.5. The van der Waals surface area contributed by atoms with Crippen LogP contribution in [0.2, 0.25) is 0 Å². The van der Waals surface area contributed by atoms with Crippen molar-refractivity contribution in [3.63, 3.8) is 0 Å². The number of aliphatic carboxylic acids is 1. The molecule has 1 N–H and O–H groups in total. The van der Waals surface area contributed by atoms with E-state index in [0.29, 0.717) is 23.4 Å². The lowest BCUT2D eigenvalue weighted by Crippen LogP contribution is -2.41. The zero-order valence-electron chi connectivity index (χ0n) is 19.4. The van der Waals surface area contributed by atoms with Crippen molar-refractivity contribution in [2.24, 2.45) is 0 Å². The molecule has 1 unspecified atom stereocenters. The normalized spacial score (nSPS) is 19.1. The van der Waals surface area contributed by atoms with Gasteiger partial charge < -0.3 is 14.7 Å². The highest BCUT2D eigenvalue weighted by molar-refractivity contribution is 5.94. The molecule has 2 aromatic carbocycles. The summed E-state index contributed by atoms with van der Waals surface area (Å²) in [6.07, 6.45) is 7.36. The molecule has 5 nitrogen and oxygen atoms in total. The van der Waals surface area contributed by atoms with E-state index in [1.165, 1.54) is 6.07 Å². The van der Waals surface area contributed by atoms with Crippen molar-refractivity contribution in [3.05, 3.63) is 101 Å². The van der Waals surface area contributed by atoms with Crippen LogP contribution in [0.3, 0.4) is 0 Å². The molecule has 6 heteroatoms. The fourth-order valence-corrected chi connectivity index (χ4v) is 3.82. The number of hydrogen-bond donors (Lipinski definition) is 1.